The number of amides is 1. The molecule has 2 N–H and O–H groups in total. The first-order chi connectivity index (χ1) is 14.5. The first-order valence-corrected chi connectivity index (χ1v) is 11.8. The first-order valence-electron chi connectivity index (χ1n) is 9.43. The smallest absolute Gasteiger partial charge is 0.244 e. The largest absolute Gasteiger partial charge is 0.346 e. The van der Waals surface area contributed by atoms with E-state index in [2.05, 4.69) is 20.0 Å². The Morgan fingerprint density at radius 2 is 1.87 bits per heavy atom. The number of rotatable bonds is 8. The van der Waals surface area contributed by atoms with Gasteiger partial charge in [0.25, 0.3) is 0 Å². The fraction of sp³-hybridized carbons (Fsp3) is 0.190. The molecule has 1 aliphatic carbocycles. The van der Waals surface area contributed by atoms with Crippen molar-refractivity contribution < 1.29 is 13.2 Å². The summed E-state index contributed by atoms with van der Waals surface area (Å²) in [4.78, 5) is 20.8. The second-order valence-corrected chi connectivity index (χ2v) is 9.53. The number of hydrogen-bond acceptors (Lipinski definition) is 6. The fourth-order valence-electron chi connectivity index (χ4n) is 2.69. The number of nitrogens with zero attached hydrogens (tertiary/aromatic N) is 2. The second kappa shape index (κ2) is 8.86. The lowest BCUT2D eigenvalue weighted by Gasteiger charge is -2.05. The molecule has 2 aromatic heterocycles. The molecule has 3 aromatic rings. The van der Waals surface area contributed by atoms with E-state index in [0.717, 1.165) is 34.7 Å². The van der Waals surface area contributed by atoms with Crippen LogP contribution in [0.3, 0.4) is 0 Å². The van der Waals surface area contributed by atoms with E-state index in [1.165, 1.54) is 17.4 Å². The maximum Gasteiger partial charge on any atom is 0.244 e. The van der Waals surface area contributed by atoms with Crippen LogP contribution >= 0.6 is 11.3 Å². The van der Waals surface area contributed by atoms with E-state index in [1.807, 2.05) is 17.5 Å². The zero-order valence-corrected chi connectivity index (χ0v) is 17.6. The number of nitrogens with one attached hydrogen (secondary N) is 2. The molecule has 0 aliphatic heterocycles. The van der Waals surface area contributed by atoms with Crippen molar-refractivity contribution in [3.8, 4) is 11.3 Å². The van der Waals surface area contributed by atoms with Crippen LogP contribution in [-0.2, 0) is 21.4 Å². The van der Waals surface area contributed by atoms with E-state index >= 15 is 0 Å². The Morgan fingerprint density at radius 1 is 1.13 bits per heavy atom. The molecule has 0 saturated heterocycles. The lowest BCUT2D eigenvalue weighted by Crippen LogP contribution is -2.25. The van der Waals surface area contributed by atoms with Crippen LogP contribution in [0.5, 0.6) is 0 Å². The summed E-state index contributed by atoms with van der Waals surface area (Å²) in [5.41, 5.74) is 2.58. The van der Waals surface area contributed by atoms with Gasteiger partial charge in [0, 0.05) is 35.5 Å². The number of thiazole rings is 1. The normalized spacial score (nSPS) is 14.1. The van der Waals surface area contributed by atoms with Gasteiger partial charge in [0.2, 0.25) is 15.9 Å². The van der Waals surface area contributed by atoms with Crippen LogP contribution in [0.1, 0.15) is 23.4 Å². The molecule has 1 saturated carbocycles. The number of pyridine rings is 1. The van der Waals surface area contributed by atoms with Crippen LogP contribution in [0.25, 0.3) is 17.3 Å². The summed E-state index contributed by atoms with van der Waals surface area (Å²) in [6, 6.07) is 10.3. The highest BCUT2D eigenvalue weighted by atomic mass is 32.2. The molecular formula is C21H20N4O3S2. The van der Waals surface area contributed by atoms with Gasteiger partial charge in [-0.25, -0.2) is 18.1 Å². The summed E-state index contributed by atoms with van der Waals surface area (Å²) < 4.78 is 27.0. The summed E-state index contributed by atoms with van der Waals surface area (Å²) in [6.45, 7) is 0.336. The van der Waals surface area contributed by atoms with Gasteiger partial charge in [-0.3, -0.25) is 9.78 Å². The Labute approximate surface area is 179 Å². The third kappa shape index (κ3) is 5.38. The van der Waals surface area contributed by atoms with E-state index in [1.54, 1.807) is 42.7 Å². The number of benzene rings is 1. The third-order valence-corrected chi connectivity index (χ3v) is 6.84. The predicted molar refractivity (Wildman–Crippen MR) is 116 cm³/mol. The molecule has 2 heterocycles. The van der Waals surface area contributed by atoms with Gasteiger partial charge < -0.3 is 5.32 Å². The van der Waals surface area contributed by atoms with Crippen LogP contribution in [-0.4, -0.2) is 30.3 Å². The van der Waals surface area contributed by atoms with Gasteiger partial charge in [0.05, 0.1) is 17.1 Å². The van der Waals surface area contributed by atoms with Crippen LogP contribution in [0, 0.1) is 0 Å². The number of sulfonamides is 1. The van der Waals surface area contributed by atoms with Crippen molar-refractivity contribution in [2.75, 3.05) is 0 Å². The quantitative estimate of drug-likeness (QED) is 0.525. The molecule has 0 atom stereocenters. The molecule has 1 aliphatic rings. The predicted octanol–water partition coefficient (Wildman–Crippen LogP) is 2.98. The molecule has 0 radical (unpaired) electrons. The monoisotopic (exact) mass is 440 g/mol. The summed E-state index contributed by atoms with van der Waals surface area (Å²) in [5, 5.41) is 5.55. The summed E-state index contributed by atoms with van der Waals surface area (Å²) in [6.07, 6.45) is 8.27. The van der Waals surface area contributed by atoms with Gasteiger partial charge in [-0.2, -0.15) is 0 Å². The van der Waals surface area contributed by atoms with Gasteiger partial charge in [-0.15, -0.1) is 11.3 Å². The van der Waals surface area contributed by atoms with Gasteiger partial charge in [0.15, 0.2) is 0 Å². The van der Waals surface area contributed by atoms with Gasteiger partial charge >= 0.3 is 0 Å². The van der Waals surface area contributed by atoms with Gasteiger partial charge in [-0.1, -0.05) is 12.1 Å². The van der Waals surface area contributed by atoms with Crippen molar-refractivity contribution in [2.45, 2.75) is 30.3 Å². The van der Waals surface area contributed by atoms with E-state index in [9.17, 15) is 13.2 Å². The lowest BCUT2D eigenvalue weighted by atomic mass is 10.2. The van der Waals surface area contributed by atoms with E-state index in [-0.39, 0.29) is 16.8 Å². The molecule has 4 rings (SSSR count). The van der Waals surface area contributed by atoms with E-state index in [4.69, 9.17) is 0 Å². The lowest BCUT2D eigenvalue weighted by molar-refractivity contribution is -0.116. The van der Waals surface area contributed by atoms with Crippen LogP contribution in [0.4, 0.5) is 0 Å². The third-order valence-electron chi connectivity index (χ3n) is 4.46. The first kappa shape index (κ1) is 20.4. The molecule has 0 spiro atoms. The second-order valence-electron chi connectivity index (χ2n) is 6.88. The number of carbonyl (C=O) groups is 1. The fourth-order valence-corrected chi connectivity index (χ4v) is 4.74. The molecule has 7 nitrogen and oxygen atoms in total. The maximum atomic E-state index is 12.2. The zero-order chi connectivity index (χ0) is 21.0. The summed E-state index contributed by atoms with van der Waals surface area (Å²) in [7, 11) is -3.47. The number of hydrogen-bond donors (Lipinski definition) is 2. The Kier molecular flexibility index (Phi) is 6.03. The van der Waals surface area contributed by atoms with Crippen LogP contribution < -0.4 is 10.0 Å². The van der Waals surface area contributed by atoms with E-state index in [0.29, 0.717) is 6.54 Å². The zero-order valence-electron chi connectivity index (χ0n) is 16.0. The minimum absolute atomic E-state index is 0.0666. The highest BCUT2D eigenvalue weighted by molar-refractivity contribution is 7.89. The molecule has 9 heteroatoms. The standard InChI is InChI=1S/C21H20N4O3S2/c26-20(23-13-21-24-19(14-29-21)16-9-11-22-12-10-16)8-3-15-1-6-18(7-2-15)30(27,28)25-17-4-5-17/h1-3,6-12,14,17,25H,4-5,13H2,(H,23,26)/b8-3+. The average Bonchev–Trinajstić information content (AvgIpc) is 3.43. The summed E-state index contributed by atoms with van der Waals surface area (Å²) in [5.74, 6) is -0.247. The van der Waals surface area contributed by atoms with Crippen molar-refractivity contribution in [1.82, 2.24) is 20.0 Å². The van der Waals surface area contributed by atoms with Crippen molar-refractivity contribution in [3.05, 3.63) is 70.8 Å². The molecule has 30 heavy (non-hydrogen) atoms. The Bertz CT molecular complexity index is 1150. The highest BCUT2D eigenvalue weighted by Crippen LogP contribution is 2.23. The molecule has 0 unspecified atom stereocenters. The van der Waals surface area contributed by atoms with E-state index < -0.39 is 10.0 Å². The Balaban J connectivity index is 1.30. The Hall–Kier alpha value is -2.88. The molecular weight excluding hydrogens is 420 g/mol. The van der Waals surface area contributed by atoms with Crippen LogP contribution in [0.15, 0.2) is 65.1 Å². The van der Waals surface area contributed by atoms with Crippen molar-refractivity contribution in [3.63, 3.8) is 0 Å². The van der Waals surface area contributed by atoms with Crippen molar-refractivity contribution in [1.29, 1.82) is 0 Å². The number of aromatic nitrogens is 2. The topological polar surface area (TPSA) is 101 Å². The molecule has 0 bridgehead atoms. The van der Waals surface area contributed by atoms with Crippen molar-refractivity contribution in [2.24, 2.45) is 0 Å². The highest BCUT2D eigenvalue weighted by Gasteiger charge is 2.27. The molecule has 1 aromatic carbocycles. The van der Waals surface area contributed by atoms with Crippen LogP contribution in [0.2, 0.25) is 0 Å². The maximum absolute atomic E-state index is 12.2. The molecule has 1 amide bonds. The minimum atomic E-state index is -3.47. The SMILES string of the molecule is O=C(/C=C/c1ccc(S(=O)(=O)NC2CC2)cc1)NCc1nc(-c2ccncc2)cs1. The molecule has 154 valence electrons. The summed E-state index contributed by atoms with van der Waals surface area (Å²) >= 11 is 1.48. The minimum Gasteiger partial charge on any atom is -0.346 e. The molecule has 1 fully saturated rings. The Morgan fingerprint density at radius 3 is 2.57 bits per heavy atom. The van der Waals surface area contributed by atoms with Gasteiger partial charge in [0.1, 0.15) is 5.01 Å². The van der Waals surface area contributed by atoms with Crippen molar-refractivity contribution >= 4 is 33.3 Å². The average molecular weight is 441 g/mol. The number of carbonyl (C=O) groups excluding carboxylic acids is 1. The van der Waals surface area contributed by atoms with Gasteiger partial charge in [-0.05, 0) is 48.7 Å².